The van der Waals surface area contributed by atoms with Crippen molar-refractivity contribution in [3.05, 3.63) is 16.4 Å². The van der Waals surface area contributed by atoms with Gasteiger partial charge in [-0.3, -0.25) is 14.9 Å². The van der Waals surface area contributed by atoms with Crippen molar-refractivity contribution in [2.24, 2.45) is 5.92 Å². The highest BCUT2D eigenvalue weighted by atomic mass is 16.6. The standard InChI is InChI=1S/C18H28N6O4/c1-21-8-6-14(7-9-21)22(2)16-15(24(26)27)17(20-12-19-16)23-10-4-13(5-11-23)18(25)28-3/h12-14H,4-11H2,1-3H3. The maximum Gasteiger partial charge on any atom is 0.353 e. The van der Waals surface area contributed by atoms with Crippen molar-refractivity contribution >= 4 is 23.3 Å². The van der Waals surface area contributed by atoms with Crippen molar-refractivity contribution in [2.75, 3.05) is 57.2 Å². The van der Waals surface area contributed by atoms with E-state index in [4.69, 9.17) is 4.74 Å². The Morgan fingerprint density at radius 3 is 2.43 bits per heavy atom. The largest absolute Gasteiger partial charge is 0.469 e. The van der Waals surface area contributed by atoms with Gasteiger partial charge in [-0.25, -0.2) is 9.97 Å². The van der Waals surface area contributed by atoms with E-state index in [9.17, 15) is 14.9 Å². The summed E-state index contributed by atoms with van der Waals surface area (Å²) in [6.07, 6.45) is 4.46. The number of likely N-dealkylation sites (tertiary alicyclic amines) is 1. The lowest BCUT2D eigenvalue weighted by molar-refractivity contribution is -0.383. The number of carbonyl (C=O) groups excluding carboxylic acids is 1. The first-order chi connectivity index (χ1) is 13.4. The van der Waals surface area contributed by atoms with Crippen LogP contribution in [0.4, 0.5) is 17.3 Å². The molecule has 0 bridgehead atoms. The normalized spacial score (nSPS) is 19.5. The fourth-order valence-corrected chi connectivity index (χ4v) is 4.06. The fraction of sp³-hybridized carbons (Fsp3) is 0.722. The summed E-state index contributed by atoms with van der Waals surface area (Å²) in [4.78, 5) is 37.9. The van der Waals surface area contributed by atoms with E-state index < -0.39 is 0 Å². The number of nitrogens with zero attached hydrogens (tertiary/aromatic N) is 6. The van der Waals surface area contributed by atoms with Gasteiger partial charge in [0.25, 0.3) is 0 Å². The molecular weight excluding hydrogens is 364 g/mol. The van der Waals surface area contributed by atoms with Gasteiger partial charge in [0.1, 0.15) is 6.33 Å². The molecule has 154 valence electrons. The second-order valence-corrected chi connectivity index (χ2v) is 7.56. The zero-order chi connectivity index (χ0) is 20.3. The van der Waals surface area contributed by atoms with Gasteiger partial charge in [-0.05, 0) is 45.8 Å². The van der Waals surface area contributed by atoms with Gasteiger partial charge in [-0.15, -0.1) is 0 Å². The molecule has 2 aliphatic heterocycles. The topological polar surface area (TPSA) is 105 Å². The van der Waals surface area contributed by atoms with Crippen LogP contribution >= 0.6 is 0 Å². The lowest BCUT2D eigenvalue weighted by atomic mass is 9.97. The minimum absolute atomic E-state index is 0.0551. The number of piperidine rings is 2. The molecule has 3 rings (SSSR count). The quantitative estimate of drug-likeness (QED) is 0.416. The Morgan fingerprint density at radius 1 is 1.21 bits per heavy atom. The number of hydrogen-bond donors (Lipinski definition) is 0. The van der Waals surface area contributed by atoms with Crippen LogP contribution in [0.3, 0.4) is 0 Å². The summed E-state index contributed by atoms with van der Waals surface area (Å²) in [5.74, 6) is 0.306. The van der Waals surface area contributed by atoms with Gasteiger partial charge < -0.3 is 19.4 Å². The van der Waals surface area contributed by atoms with Crippen LogP contribution in [0.1, 0.15) is 25.7 Å². The van der Waals surface area contributed by atoms with E-state index in [0.29, 0.717) is 37.6 Å². The van der Waals surface area contributed by atoms with Crippen LogP contribution in [-0.2, 0) is 9.53 Å². The Kier molecular flexibility index (Phi) is 6.28. The molecule has 0 N–H and O–H groups in total. The molecule has 0 atom stereocenters. The molecule has 0 aromatic carbocycles. The number of ether oxygens (including phenoxy) is 1. The molecule has 28 heavy (non-hydrogen) atoms. The molecule has 1 aromatic heterocycles. The third-order valence-electron chi connectivity index (χ3n) is 5.87. The lowest BCUT2D eigenvalue weighted by Gasteiger charge is -2.36. The maximum atomic E-state index is 11.9. The van der Waals surface area contributed by atoms with Crippen LogP contribution in [0.15, 0.2) is 6.33 Å². The molecule has 0 unspecified atom stereocenters. The van der Waals surface area contributed by atoms with Crippen molar-refractivity contribution < 1.29 is 14.5 Å². The van der Waals surface area contributed by atoms with Crippen molar-refractivity contribution in [3.8, 4) is 0 Å². The Morgan fingerprint density at radius 2 is 1.86 bits per heavy atom. The number of hydrogen-bond acceptors (Lipinski definition) is 9. The van der Waals surface area contributed by atoms with Gasteiger partial charge in [0.05, 0.1) is 18.0 Å². The number of carbonyl (C=O) groups is 1. The van der Waals surface area contributed by atoms with Gasteiger partial charge in [-0.2, -0.15) is 0 Å². The summed E-state index contributed by atoms with van der Waals surface area (Å²) in [6, 6.07) is 0.211. The van der Waals surface area contributed by atoms with Gasteiger partial charge in [0, 0.05) is 26.2 Å². The Balaban J connectivity index is 1.82. The van der Waals surface area contributed by atoms with Crippen LogP contribution in [-0.4, -0.2) is 79.2 Å². The van der Waals surface area contributed by atoms with E-state index in [2.05, 4.69) is 21.9 Å². The van der Waals surface area contributed by atoms with Crippen molar-refractivity contribution in [3.63, 3.8) is 0 Å². The smallest absolute Gasteiger partial charge is 0.353 e. The second-order valence-electron chi connectivity index (χ2n) is 7.56. The molecule has 2 saturated heterocycles. The minimum atomic E-state index is -0.386. The van der Waals surface area contributed by atoms with Gasteiger partial charge >= 0.3 is 11.7 Å². The molecule has 10 heteroatoms. The monoisotopic (exact) mass is 392 g/mol. The molecule has 0 amide bonds. The Labute approximate surface area is 164 Å². The first-order valence-electron chi connectivity index (χ1n) is 9.66. The third kappa shape index (κ3) is 4.16. The molecule has 3 heterocycles. The van der Waals surface area contributed by atoms with E-state index >= 15 is 0 Å². The predicted octanol–water partition coefficient (Wildman–Crippen LogP) is 1.30. The number of aromatic nitrogens is 2. The van der Waals surface area contributed by atoms with Crippen molar-refractivity contribution in [2.45, 2.75) is 31.7 Å². The molecule has 10 nitrogen and oxygen atoms in total. The zero-order valence-electron chi connectivity index (χ0n) is 16.7. The molecule has 0 spiro atoms. The molecule has 2 aliphatic rings. The van der Waals surface area contributed by atoms with E-state index in [0.717, 1.165) is 25.9 Å². The summed E-state index contributed by atoms with van der Waals surface area (Å²) in [7, 11) is 5.34. The number of methoxy groups -OCH3 is 1. The summed E-state index contributed by atoms with van der Waals surface area (Å²) in [6.45, 7) is 2.97. The molecule has 0 radical (unpaired) electrons. The molecule has 0 saturated carbocycles. The van der Waals surface area contributed by atoms with Crippen molar-refractivity contribution in [1.82, 2.24) is 14.9 Å². The average molecular weight is 392 g/mol. The second kappa shape index (κ2) is 8.68. The highest BCUT2D eigenvalue weighted by Crippen LogP contribution is 2.37. The van der Waals surface area contributed by atoms with E-state index in [1.165, 1.54) is 13.4 Å². The summed E-state index contributed by atoms with van der Waals surface area (Å²) < 4.78 is 4.82. The van der Waals surface area contributed by atoms with Crippen LogP contribution in [0.5, 0.6) is 0 Å². The minimum Gasteiger partial charge on any atom is -0.469 e. The number of nitro groups is 1. The molecule has 2 fully saturated rings. The summed E-state index contributed by atoms with van der Waals surface area (Å²) in [5.41, 5.74) is -0.0551. The van der Waals surface area contributed by atoms with Gasteiger partial charge in [0.15, 0.2) is 0 Å². The predicted molar refractivity (Wildman–Crippen MR) is 105 cm³/mol. The molecule has 1 aromatic rings. The van der Waals surface area contributed by atoms with Crippen LogP contribution in [0.2, 0.25) is 0 Å². The van der Waals surface area contributed by atoms with Gasteiger partial charge in [-0.1, -0.05) is 0 Å². The average Bonchev–Trinajstić information content (AvgIpc) is 2.72. The molecular formula is C18H28N6O4. The zero-order valence-corrected chi connectivity index (χ0v) is 16.7. The summed E-state index contributed by atoms with van der Waals surface area (Å²) in [5, 5.41) is 11.9. The first kappa shape index (κ1) is 20.2. The van der Waals surface area contributed by atoms with E-state index in [1.54, 1.807) is 0 Å². The fourth-order valence-electron chi connectivity index (χ4n) is 4.06. The van der Waals surface area contributed by atoms with Gasteiger partial charge in [0.2, 0.25) is 11.6 Å². The van der Waals surface area contributed by atoms with Crippen molar-refractivity contribution in [1.29, 1.82) is 0 Å². The van der Waals surface area contributed by atoms with E-state index in [1.807, 2.05) is 16.8 Å². The van der Waals surface area contributed by atoms with Crippen LogP contribution in [0, 0.1) is 16.0 Å². The number of rotatable bonds is 5. The maximum absolute atomic E-state index is 11.9. The summed E-state index contributed by atoms with van der Waals surface area (Å²) >= 11 is 0. The third-order valence-corrected chi connectivity index (χ3v) is 5.87. The highest BCUT2D eigenvalue weighted by Gasteiger charge is 2.34. The van der Waals surface area contributed by atoms with Crippen LogP contribution in [0.25, 0.3) is 0 Å². The number of anilines is 2. The van der Waals surface area contributed by atoms with Crippen LogP contribution < -0.4 is 9.80 Å². The SMILES string of the molecule is COC(=O)C1CCN(c2ncnc(N(C)C3CCN(C)CC3)c2[N+](=O)[O-])CC1. The number of esters is 1. The van der Waals surface area contributed by atoms with E-state index in [-0.39, 0.29) is 28.5 Å². The Bertz CT molecular complexity index is 714. The highest BCUT2D eigenvalue weighted by molar-refractivity contribution is 5.74. The lowest BCUT2D eigenvalue weighted by Crippen LogP contribution is -2.43. The Hall–Kier alpha value is -2.49. The molecule has 0 aliphatic carbocycles. The first-order valence-corrected chi connectivity index (χ1v) is 9.66.